The molecule has 3 fully saturated rings. The van der Waals surface area contributed by atoms with Crippen LogP contribution in [0.3, 0.4) is 0 Å². The zero-order valence-electron chi connectivity index (χ0n) is 23.6. The summed E-state index contributed by atoms with van der Waals surface area (Å²) in [5.74, 6) is 0.257. The van der Waals surface area contributed by atoms with Gasteiger partial charge in [-0.1, -0.05) is 11.3 Å². The fourth-order valence-electron chi connectivity index (χ4n) is 6.40. The fraction of sp³-hybridized carbons (Fsp3) is 0.517. The lowest BCUT2D eigenvalue weighted by molar-refractivity contribution is -0.137. The number of ether oxygens (including phenoxy) is 2. The smallest absolute Gasteiger partial charge is 0.420 e. The molecule has 4 aliphatic rings. The van der Waals surface area contributed by atoms with Crippen LogP contribution in [-0.4, -0.2) is 81.1 Å². The number of methoxy groups -OCH3 is 1. The van der Waals surface area contributed by atoms with Gasteiger partial charge in [-0.25, -0.2) is 18.4 Å². The van der Waals surface area contributed by atoms with E-state index in [0.717, 1.165) is 80.0 Å². The minimum absolute atomic E-state index is 0.0130. The second kappa shape index (κ2) is 10.9. The molecule has 2 atom stereocenters. The van der Waals surface area contributed by atoms with Gasteiger partial charge in [0.15, 0.2) is 14.9 Å². The van der Waals surface area contributed by atoms with E-state index in [1.165, 1.54) is 6.07 Å². The number of likely N-dealkylation sites (tertiary alicyclic amines) is 1. The molecule has 1 N–H and O–H groups in total. The molecule has 3 aliphatic heterocycles. The number of piperazine rings is 1. The number of sulfone groups is 1. The van der Waals surface area contributed by atoms with Crippen molar-refractivity contribution in [1.82, 2.24) is 14.9 Å². The molecular weight excluding hydrogens is 603 g/mol. The first-order valence-corrected chi connectivity index (χ1v) is 16.9. The third-order valence-corrected chi connectivity index (χ3v) is 11.7. The number of anilines is 3. The monoisotopic (exact) mass is 635 g/mol. The molecule has 7 rings (SSSR count). The van der Waals surface area contributed by atoms with Gasteiger partial charge in [0.1, 0.15) is 10.5 Å². The molecule has 230 valence electrons. The topological polar surface area (TPSA) is 96.9 Å². The second-order valence-corrected chi connectivity index (χ2v) is 14.7. The zero-order chi connectivity index (χ0) is 29.9. The van der Waals surface area contributed by atoms with Crippen LogP contribution in [-0.2, 0) is 20.8 Å². The molecular formula is C29H32F3N5O4S2. The number of rotatable bonds is 8. The molecule has 5 heterocycles. The van der Waals surface area contributed by atoms with Crippen LogP contribution < -0.4 is 15.0 Å². The van der Waals surface area contributed by atoms with Gasteiger partial charge in [0, 0.05) is 56.4 Å². The standard InChI is InChI=1S/C29H32F3N5O4S2/c1-40-9-7-36-15-20-11-19(36)16-37(20)18-5-6-23(21(12-18)17-3-4-17)34-28-33-14-22(29(30,31)32)26(35-28)24-13-25-27(42-24)41-8-2-10-43(25,38)39/h5-6,12-14,17,19-20H,2-4,7-11,15-16H2,1H3,(H,33,34,35)/t19-,20-/m1/s1. The highest BCUT2D eigenvalue weighted by Gasteiger charge is 2.43. The molecule has 14 heteroatoms. The maximum absolute atomic E-state index is 14.1. The second-order valence-electron chi connectivity index (χ2n) is 11.6. The molecule has 2 bridgehead atoms. The molecule has 1 saturated carbocycles. The van der Waals surface area contributed by atoms with Crippen LogP contribution in [0.15, 0.2) is 35.4 Å². The van der Waals surface area contributed by atoms with E-state index in [1.54, 1.807) is 7.11 Å². The summed E-state index contributed by atoms with van der Waals surface area (Å²) in [6.45, 7) is 3.81. The molecule has 0 amide bonds. The first kappa shape index (κ1) is 28.8. The highest BCUT2D eigenvalue weighted by molar-refractivity contribution is 7.91. The van der Waals surface area contributed by atoms with Crippen LogP contribution in [0.25, 0.3) is 10.6 Å². The molecule has 2 saturated heterocycles. The minimum atomic E-state index is -4.73. The molecule has 2 aromatic heterocycles. The van der Waals surface area contributed by atoms with Crippen LogP contribution in [0, 0.1) is 0 Å². The van der Waals surface area contributed by atoms with Crippen LogP contribution in [0.4, 0.5) is 30.5 Å². The average Bonchev–Trinajstić information content (AvgIpc) is 3.45. The van der Waals surface area contributed by atoms with Crippen LogP contribution in [0.1, 0.15) is 42.7 Å². The van der Waals surface area contributed by atoms with Crippen LogP contribution >= 0.6 is 11.3 Å². The number of halogens is 3. The number of thiophene rings is 1. The van der Waals surface area contributed by atoms with E-state index < -0.39 is 21.6 Å². The third-order valence-electron chi connectivity index (χ3n) is 8.69. The molecule has 9 nitrogen and oxygen atoms in total. The van der Waals surface area contributed by atoms with E-state index in [1.807, 2.05) is 6.07 Å². The lowest BCUT2D eigenvalue weighted by Crippen LogP contribution is -2.47. The largest absolute Gasteiger partial charge is 0.483 e. The Morgan fingerprint density at radius 1 is 1.19 bits per heavy atom. The van der Waals surface area contributed by atoms with Crippen molar-refractivity contribution in [3.8, 4) is 15.6 Å². The number of aromatic nitrogens is 2. The Bertz CT molecular complexity index is 1640. The van der Waals surface area contributed by atoms with Gasteiger partial charge in [-0.3, -0.25) is 4.90 Å². The van der Waals surface area contributed by atoms with E-state index in [2.05, 4.69) is 37.2 Å². The Morgan fingerprint density at radius 3 is 2.74 bits per heavy atom. The van der Waals surface area contributed by atoms with Crippen LogP contribution in [0.5, 0.6) is 5.06 Å². The lowest BCUT2D eigenvalue weighted by atomic mass is 10.1. The Balaban J connectivity index is 1.18. The summed E-state index contributed by atoms with van der Waals surface area (Å²) in [7, 11) is -1.94. The lowest BCUT2D eigenvalue weighted by Gasteiger charge is -2.35. The number of hydrogen-bond acceptors (Lipinski definition) is 10. The van der Waals surface area contributed by atoms with Crippen molar-refractivity contribution in [3.63, 3.8) is 0 Å². The Labute approximate surface area is 251 Å². The summed E-state index contributed by atoms with van der Waals surface area (Å²) in [6, 6.07) is 8.41. The summed E-state index contributed by atoms with van der Waals surface area (Å²) < 4.78 is 78.4. The van der Waals surface area contributed by atoms with Crippen molar-refractivity contribution in [3.05, 3.63) is 41.6 Å². The molecule has 3 aromatic rings. The highest BCUT2D eigenvalue weighted by Crippen LogP contribution is 2.48. The number of alkyl halides is 3. The number of benzene rings is 1. The number of hydrogen-bond donors (Lipinski definition) is 1. The van der Waals surface area contributed by atoms with Crippen molar-refractivity contribution in [2.45, 2.75) is 54.8 Å². The number of nitrogens with one attached hydrogen (secondary N) is 1. The van der Waals surface area contributed by atoms with E-state index in [9.17, 15) is 21.6 Å². The summed E-state index contributed by atoms with van der Waals surface area (Å²) in [5.41, 5.74) is 1.60. The number of nitrogens with zero attached hydrogens (tertiary/aromatic N) is 4. The summed E-state index contributed by atoms with van der Waals surface area (Å²) in [5, 5.41) is 3.27. The Kier molecular flexibility index (Phi) is 7.30. The van der Waals surface area contributed by atoms with Crippen molar-refractivity contribution in [2.24, 2.45) is 0 Å². The predicted molar refractivity (Wildman–Crippen MR) is 157 cm³/mol. The molecule has 1 aromatic carbocycles. The van der Waals surface area contributed by atoms with Gasteiger partial charge < -0.3 is 19.7 Å². The van der Waals surface area contributed by atoms with Gasteiger partial charge in [0.2, 0.25) is 5.95 Å². The maximum atomic E-state index is 14.1. The summed E-state index contributed by atoms with van der Waals surface area (Å²) in [4.78, 5) is 13.3. The first-order valence-electron chi connectivity index (χ1n) is 14.5. The van der Waals surface area contributed by atoms with Crippen molar-refractivity contribution < 1.29 is 31.1 Å². The fourth-order valence-corrected chi connectivity index (χ4v) is 9.24. The Morgan fingerprint density at radius 2 is 2.02 bits per heavy atom. The van der Waals surface area contributed by atoms with Gasteiger partial charge in [0.25, 0.3) is 0 Å². The molecule has 0 spiro atoms. The van der Waals surface area contributed by atoms with E-state index in [0.29, 0.717) is 24.4 Å². The van der Waals surface area contributed by atoms with E-state index in [-0.39, 0.29) is 38.8 Å². The Hall–Kier alpha value is -2.94. The minimum Gasteiger partial charge on any atom is -0.483 e. The average molecular weight is 636 g/mol. The van der Waals surface area contributed by atoms with Crippen molar-refractivity contribution in [2.75, 3.05) is 55.9 Å². The normalized spacial score (nSPS) is 23.2. The van der Waals surface area contributed by atoms with Crippen molar-refractivity contribution in [1.29, 1.82) is 0 Å². The van der Waals surface area contributed by atoms with Gasteiger partial charge in [-0.15, -0.1) is 0 Å². The molecule has 0 radical (unpaired) electrons. The van der Waals surface area contributed by atoms with E-state index >= 15 is 0 Å². The SMILES string of the molecule is COCCN1C[C@H]2C[C@@H]1CN2c1ccc(Nc2ncc(C(F)(F)F)c(-c3cc4c(s3)OCCCS4(=O)=O)n2)c(C2CC2)c1. The summed E-state index contributed by atoms with van der Waals surface area (Å²) in [6.07, 6.45) is -0.436. The predicted octanol–water partition coefficient (Wildman–Crippen LogP) is 5.31. The van der Waals surface area contributed by atoms with Gasteiger partial charge in [0.05, 0.1) is 29.5 Å². The first-order chi connectivity index (χ1) is 20.6. The zero-order valence-corrected chi connectivity index (χ0v) is 25.2. The van der Waals surface area contributed by atoms with Gasteiger partial charge >= 0.3 is 6.18 Å². The summed E-state index contributed by atoms with van der Waals surface area (Å²) >= 11 is 0.858. The van der Waals surface area contributed by atoms with Gasteiger partial charge in [-0.2, -0.15) is 13.2 Å². The molecule has 1 aliphatic carbocycles. The third kappa shape index (κ3) is 5.58. The molecule has 43 heavy (non-hydrogen) atoms. The van der Waals surface area contributed by atoms with Gasteiger partial charge in [-0.05, 0) is 61.4 Å². The van der Waals surface area contributed by atoms with Crippen molar-refractivity contribution >= 4 is 38.5 Å². The van der Waals surface area contributed by atoms with E-state index in [4.69, 9.17) is 9.47 Å². The maximum Gasteiger partial charge on any atom is 0.420 e. The van der Waals surface area contributed by atoms with Crippen LogP contribution in [0.2, 0.25) is 0 Å². The molecule has 0 unspecified atom stereocenters. The number of fused-ring (bicyclic) bond motifs is 3. The quantitative estimate of drug-likeness (QED) is 0.353. The highest BCUT2D eigenvalue weighted by atomic mass is 32.2.